The lowest BCUT2D eigenvalue weighted by Crippen LogP contribution is -2.38. The van der Waals surface area contributed by atoms with E-state index in [1.807, 2.05) is 13.0 Å². The smallest absolute Gasteiger partial charge is 0.264 e. The normalized spacial score (nSPS) is 17.3. The molecule has 8 nitrogen and oxygen atoms in total. The molecule has 194 valence electrons. The van der Waals surface area contributed by atoms with Crippen molar-refractivity contribution in [2.24, 2.45) is 5.92 Å². The van der Waals surface area contributed by atoms with Crippen LogP contribution in [0.25, 0.3) is 0 Å². The first-order valence-corrected chi connectivity index (χ1v) is 14.5. The molecule has 0 radical (unpaired) electrons. The number of imide groups is 1. The van der Waals surface area contributed by atoms with E-state index in [2.05, 4.69) is 11.8 Å². The number of carbonyl (C=O) groups is 2. The topological polar surface area (TPSA) is 93.2 Å². The molecule has 2 aliphatic rings. The SMILES string of the molecule is CCOc1cc(C(CS(C)(=O)=O)N2C(=O)c3cccc(N4CCC(CC)CC4)c3C2=O)ccc1OC. The van der Waals surface area contributed by atoms with Crippen molar-refractivity contribution in [1.29, 1.82) is 0 Å². The van der Waals surface area contributed by atoms with Crippen LogP contribution >= 0.6 is 0 Å². The monoisotopic (exact) mass is 514 g/mol. The molecule has 2 aromatic rings. The van der Waals surface area contributed by atoms with E-state index < -0.39 is 33.4 Å². The second-order valence-electron chi connectivity index (χ2n) is 9.47. The Morgan fingerprint density at radius 3 is 2.36 bits per heavy atom. The average Bonchev–Trinajstić information content (AvgIpc) is 3.12. The highest BCUT2D eigenvalue weighted by molar-refractivity contribution is 7.90. The number of rotatable bonds is 9. The number of hydrogen-bond donors (Lipinski definition) is 0. The number of benzene rings is 2. The van der Waals surface area contributed by atoms with Crippen LogP contribution in [0.1, 0.15) is 65.4 Å². The van der Waals surface area contributed by atoms with E-state index in [-0.39, 0.29) is 0 Å². The first-order chi connectivity index (χ1) is 17.2. The molecule has 0 aromatic heterocycles. The molecule has 1 fully saturated rings. The van der Waals surface area contributed by atoms with Crippen LogP contribution in [0.15, 0.2) is 36.4 Å². The summed E-state index contributed by atoms with van der Waals surface area (Å²) in [5, 5.41) is 0. The molecule has 0 aliphatic carbocycles. The van der Waals surface area contributed by atoms with E-state index in [4.69, 9.17) is 9.47 Å². The van der Waals surface area contributed by atoms with Gasteiger partial charge in [0.1, 0.15) is 9.84 Å². The Kier molecular flexibility index (Phi) is 7.59. The third-order valence-corrected chi connectivity index (χ3v) is 8.02. The third kappa shape index (κ3) is 5.07. The molecule has 1 saturated heterocycles. The maximum Gasteiger partial charge on any atom is 0.264 e. The highest BCUT2D eigenvalue weighted by Crippen LogP contribution is 2.40. The quantitative estimate of drug-likeness (QED) is 0.465. The number of carbonyl (C=O) groups excluding carboxylic acids is 2. The second kappa shape index (κ2) is 10.5. The summed E-state index contributed by atoms with van der Waals surface area (Å²) in [7, 11) is -2.04. The number of nitrogens with zero attached hydrogens (tertiary/aromatic N) is 2. The lowest BCUT2D eigenvalue weighted by Gasteiger charge is -2.34. The lowest BCUT2D eigenvalue weighted by atomic mass is 9.93. The predicted octanol–water partition coefficient (Wildman–Crippen LogP) is 4.10. The van der Waals surface area contributed by atoms with Gasteiger partial charge in [-0.15, -0.1) is 0 Å². The van der Waals surface area contributed by atoms with Crippen LogP contribution in [0, 0.1) is 5.92 Å². The minimum Gasteiger partial charge on any atom is -0.493 e. The molecule has 1 atom stereocenters. The summed E-state index contributed by atoms with van der Waals surface area (Å²) in [5.41, 5.74) is 1.90. The van der Waals surface area contributed by atoms with Crippen molar-refractivity contribution in [2.75, 3.05) is 43.7 Å². The average molecular weight is 515 g/mol. The first kappa shape index (κ1) is 26.0. The van der Waals surface area contributed by atoms with Crippen molar-refractivity contribution in [1.82, 2.24) is 4.90 Å². The van der Waals surface area contributed by atoms with Gasteiger partial charge in [-0.3, -0.25) is 14.5 Å². The van der Waals surface area contributed by atoms with Gasteiger partial charge in [0.2, 0.25) is 0 Å². The fourth-order valence-electron chi connectivity index (χ4n) is 5.19. The van der Waals surface area contributed by atoms with Crippen molar-refractivity contribution < 1.29 is 27.5 Å². The van der Waals surface area contributed by atoms with E-state index >= 15 is 0 Å². The van der Waals surface area contributed by atoms with Gasteiger partial charge in [-0.2, -0.15) is 0 Å². The zero-order valence-electron chi connectivity index (χ0n) is 21.3. The Morgan fingerprint density at radius 1 is 1.03 bits per heavy atom. The van der Waals surface area contributed by atoms with Crippen LogP contribution < -0.4 is 14.4 Å². The van der Waals surface area contributed by atoms with Crippen LogP contribution in [0.3, 0.4) is 0 Å². The summed E-state index contributed by atoms with van der Waals surface area (Å²) < 4.78 is 35.9. The summed E-state index contributed by atoms with van der Waals surface area (Å²) in [6.45, 7) is 6.04. The van der Waals surface area contributed by atoms with E-state index in [0.29, 0.717) is 40.7 Å². The Balaban J connectivity index is 1.75. The molecule has 0 bridgehead atoms. The standard InChI is InChI=1S/C27H34N2O6S/c1-5-18-12-14-28(15-13-18)21-9-7-8-20-25(21)27(31)29(26(20)30)22(17-36(4,32)33)19-10-11-23(34-3)24(16-19)35-6-2/h7-11,16,18,22H,5-6,12-15,17H2,1-4H3. The number of anilines is 1. The fourth-order valence-corrected chi connectivity index (χ4v) is 6.10. The number of fused-ring (bicyclic) bond motifs is 1. The minimum atomic E-state index is -3.55. The van der Waals surface area contributed by atoms with Gasteiger partial charge < -0.3 is 14.4 Å². The zero-order valence-corrected chi connectivity index (χ0v) is 22.1. The molecule has 2 amide bonds. The number of piperidine rings is 1. The molecular weight excluding hydrogens is 480 g/mol. The molecule has 2 heterocycles. The highest BCUT2D eigenvalue weighted by Gasteiger charge is 2.44. The minimum absolute atomic E-state index is 0.312. The van der Waals surface area contributed by atoms with Gasteiger partial charge in [-0.1, -0.05) is 25.5 Å². The number of ether oxygens (including phenoxy) is 2. The molecular formula is C27H34N2O6S. The van der Waals surface area contributed by atoms with Crippen LogP contribution in [-0.2, 0) is 9.84 Å². The third-order valence-electron chi connectivity index (χ3n) is 7.10. The molecule has 0 spiro atoms. The van der Waals surface area contributed by atoms with Crippen molar-refractivity contribution in [3.8, 4) is 11.5 Å². The Bertz CT molecular complexity index is 1250. The van der Waals surface area contributed by atoms with Crippen molar-refractivity contribution >= 4 is 27.3 Å². The van der Waals surface area contributed by atoms with Crippen molar-refractivity contribution in [3.05, 3.63) is 53.1 Å². The van der Waals surface area contributed by atoms with Gasteiger partial charge in [0.05, 0.1) is 42.3 Å². The largest absolute Gasteiger partial charge is 0.493 e. The second-order valence-corrected chi connectivity index (χ2v) is 11.7. The van der Waals surface area contributed by atoms with E-state index in [1.165, 1.54) is 7.11 Å². The van der Waals surface area contributed by atoms with Gasteiger partial charge >= 0.3 is 0 Å². The summed E-state index contributed by atoms with van der Waals surface area (Å²) in [6.07, 6.45) is 4.31. The zero-order chi connectivity index (χ0) is 26.0. The molecule has 1 unspecified atom stereocenters. The van der Waals surface area contributed by atoms with Crippen molar-refractivity contribution in [2.45, 2.75) is 39.2 Å². The van der Waals surface area contributed by atoms with Crippen molar-refractivity contribution in [3.63, 3.8) is 0 Å². The van der Waals surface area contributed by atoms with Crippen LogP contribution in [0.4, 0.5) is 5.69 Å². The molecule has 2 aromatic carbocycles. The summed E-state index contributed by atoms with van der Waals surface area (Å²) in [4.78, 5) is 30.7. The molecule has 36 heavy (non-hydrogen) atoms. The Morgan fingerprint density at radius 2 is 1.75 bits per heavy atom. The molecule has 9 heteroatoms. The van der Waals surface area contributed by atoms with Gasteiger partial charge in [0.15, 0.2) is 11.5 Å². The molecule has 2 aliphatic heterocycles. The fraction of sp³-hybridized carbons (Fsp3) is 0.481. The van der Waals surface area contributed by atoms with E-state index in [1.54, 1.807) is 30.3 Å². The molecule has 0 saturated carbocycles. The summed E-state index contributed by atoms with van der Waals surface area (Å²) >= 11 is 0. The maximum absolute atomic E-state index is 13.9. The van der Waals surface area contributed by atoms with Gasteiger partial charge in [-0.05, 0) is 55.5 Å². The van der Waals surface area contributed by atoms with Gasteiger partial charge in [-0.25, -0.2) is 8.42 Å². The van der Waals surface area contributed by atoms with E-state index in [0.717, 1.165) is 49.2 Å². The highest BCUT2D eigenvalue weighted by atomic mass is 32.2. The van der Waals surface area contributed by atoms with Gasteiger partial charge in [0.25, 0.3) is 11.8 Å². The van der Waals surface area contributed by atoms with Crippen LogP contribution in [0.2, 0.25) is 0 Å². The number of amides is 2. The lowest BCUT2D eigenvalue weighted by molar-refractivity contribution is 0.0597. The van der Waals surface area contributed by atoms with E-state index in [9.17, 15) is 18.0 Å². The van der Waals surface area contributed by atoms with Crippen LogP contribution in [0.5, 0.6) is 11.5 Å². The van der Waals surface area contributed by atoms with Crippen LogP contribution in [-0.4, -0.2) is 63.9 Å². The number of sulfone groups is 1. The summed E-state index contributed by atoms with van der Waals surface area (Å²) in [6, 6.07) is 9.31. The maximum atomic E-state index is 13.9. The number of methoxy groups -OCH3 is 1. The Hall–Kier alpha value is -3.07. The van der Waals surface area contributed by atoms with Gasteiger partial charge in [0, 0.05) is 19.3 Å². The number of hydrogen-bond acceptors (Lipinski definition) is 7. The first-order valence-electron chi connectivity index (χ1n) is 12.4. The molecule has 4 rings (SSSR count). The summed E-state index contributed by atoms with van der Waals surface area (Å²) in [5.74, 6) is 0.230. The predicted molar refractivity (Wildman–Crippen MR) is 139 cm³/mol. The Labute approximate surface area is 213 Å². The molecule has 0 N–H and O–H groups in total.